The molecule has 0 bridgehead atoms. The zero-order chi connectivity index (χ0) is 19.2. The summed E-state index contributed by atoms with van der Waals surface area (Å²) in [6, 6.07) is 9.82. The molecule has 1 saturated carbocycles. The van der Waals surface area contributed by atoms with Crippen molar-refractivity contribution >= 4 is 22.1 Å². The van der Waals surface area contributed by atoms with Gasteiger partial charge in [-0.25, -0.2) is 14.9 Å². The number of hydrogen-bond acceptors (Lipinski definition) is 4. The third-order valence-electron chi connectivity index (χ3n) is 4.96. The highest BCUT2D eigenvalue weighted by atomic mass is 32.2. The maximum atomic E-state index is 12.2. The number of benzene rings is 1. The number of nitrogens with zero attached hydrogens (tertiary/aromatic N) is 3. The van der Waals surface area contributed by atoms with Crippen molar-refractivity contribution in [2.75, 3.05) is 12.4 Å². The summed E-state index contributed by atoms with van der Waals surface area (Å²) < 4.78 is 23.8. The lowest BCUT2D eigenvalue weighted by Crippen LogP contribution is -2.40. The number of carbonyl (C=O) groups is 1. The van der Waals surface area contributed by atoms with Crippen LogP contribution in [0.2, 0.25) is 0 Å². The lowest BCUT2D eigenvalue weighted by atomic mass is 9.98. The number of urea groups is 1. The van der Waals surface area contributed by atoms with Gasteiger partial charge in [0.2, 0.25) is 0 Å². The number of anilines is 1. The Hall–Kier alpha value is -2.49. The maximum absolute atomic E-state index is 12.2. The van der Waals surface area contributed by atoms with E-state index in [-0.39, 0.29) is 12.6 Å². The first-order valence-electron chi connectivity index (χ1n) is 8.72. The van der Waals surface area contributed by atoms with Crippen LogP contribution in [0.25, 0.3) is 11.1 Å². The Balaban J connectivity index is 1.61. The van der Waals surface area contributed by atoms with E-state index in [4.69, 9.17) is 5.14 Å². The molecule has 0 radical (unpaired) electrons. The van der Waals surface area contributed by atoms with E-state index in [1.165, 1.54) is 7.05 Å². The number of hydrogen-bond donors (Lipinski definition) is 2. The number of nitrogens with two attached hydrogens (primary N) is 1. The monoisotopic (exact) mass is 387 g/mol. The second-order valence-electron chi connectivity index (χ2n) is 6.97. The quantitative estimate of drug-likeness (QED) is 0.816. The van der Waals surface area contributed by atoms with Gasteiger partial charge in [-0.2, -0.15) is 12.7 Å². The molecule has 0 atom stereocenters. The molecule has 1 fully saturated rings. The number of rotatable bonds is 5. The van der Waals surface area contributed by atoms with Crippen LogP contribution in [0.1, 0.15) is 24.0 Å². The van der Waals surface area contributed by atoms with E-state index in [1.54, 1.807) is 6.20 Å². The molecule has 2 aliphatic rings. The van der Waals surface area contributed by atoms with Gasteiger partial charge >= 0.3 is 6.03 Å². The highest BCUT2D eigenvalue weighted by molar-refractivity contribution is 7.86. The Morgan fingerprint density at radius 2 is 1.96 bits per heavy atom. The number of aromatic nitrogens is 1. The van der Waals surface area contributed by atoms with Crippen molar-refractivity contribution in [2.45, 2.75) is 32.0 Å². The lowest BCUT2D eigenvalue weighted by molar-refractivity contribution is 0.203. The van der Waals surface area contributed by atoms with E-state index >= 15 is 0 Å². The highest BCUT2D eigenvalue weighted by Gasteiger charge is 2.36. The van der Waals surface area contributed by atoms with Gasteiger partial charge in [-0.3, -0.25) is 5.32 Å². The highest BCUT2D eigenvalue weighted by Crippen LogP contribution is 2.36. The second-order valence-corrected chi connectivity index (χ2v) is 8.63. The standard InChI is InChI=1S/C18H21N5O3S/c1-22(27(19,25)26)10-12-2-4-13(5-3-12)15-8-9-20-17-16(15)11-23(14-6-7-14)18(24)21-17/h2-5,8-9,14H,6-7,10-11H2,1H3,(H2,19,25,26)(H,20,21,24). The number of amides is 2. The minimum absolute atomic E-state index is 0.0870. The molecule has 0 saturated heterocycles. The smallest absolute Gasteiger partial charge is 0.317 e. The summed E-state index contributed by atoms with van der Waals surface area (Å²) in [6.45, 7) is 0.754. The molecule has 2 amide bonds. The molecule has 2 heterocycles. The van der Waals surface area contributed by atoms with Gasteiger partial charge in [0.25, 0.3) is 10.2 Å². The first-order valence-corrected chi connectivity index (χ1v) is 10.2. The zero-order valence-electron chi connectivity index (χ0n) is 14.9. The van der Waals surface area contributed by atoms with Crippen molar-refractivity contribution in [3.05, 3.63) is 47.7 Å². The van der Waals surface area contributed by atoms with Crippen LogP contribution in [0, 0.1) is 0 Å². The van der Waals surface area contributed by atoms with Crippen molar-refractivity contribution in [2.24, 2.45) is 5.14 Å². The minimum Gasteiger partial charge on any atom is -0.317 e. The molecular formula is C18H21N5O3S. The summed E-state index contributed by atoms with van der Waals surface area (Å²) in [5, 5.41) is 8.01. The van der Waals surface area contributed by atoms with Gasteiger partial charge in [-0.05, 0) is 35.6 Å². The van der Waals surface area contributed by atoms with Gasteiger partial charge in [-0.15, -0.1) is 0 Å². The Morgan fingerprint density at radius 1 is 1.26 bits per heavy atom. The van der Waals surface area contributed by atoms with Crippen molar-refractivity contribution in [1.29, 1.82) is 0 Å². The Bertz CT molecular complexity index is 987. The summed E-state index contributed by atoms with van der Waals surface area (Å²) in [5.74, 6) is 0.604. The zero-order valence-corrected chi connectivity index (χ0v) is 15.7. The van der Waals surface area contributed by atoms with Crippen LogP contribution in [-0.2, 0) is 23.3 Å². The van der Waals surface area contributed by atoms with Crippen LogP contribution in [0.5, 0.6) is 0 Å². The van der Waals surface area contributed by atoms with E-state index < -0.39 is 10.2 Å². The molecule has 1 aromatic heterocycles. The third-order valence-corrected chi connectivity index (χ3v) is 5.96. The van der Waals surface area contributed by atoms with Crippen LogP contribution in [0.3, 0.4) is 0 Å². The Morgan fingerprint density at radius 3 is 2.59 bits per heavy atom. The van der Waals surface area contributed by atoms with E-state index in [1.807, 2.05) is 35.2 Å². The normalized spacial score (nSPS) is 17.0. The van der Waals surface area contributed by atoms with Crippen LogP contribution in [0.4, 0.5) is 10.6 Å². The molecule has 1 aromatic carbocycles. The van der Waals surface area contributed by atoms with E-state index in [0.717, 1.165) is 39.4 Å². The SMILES string of the molecule is CN(Cc1ccc(-c2ccnc3c2CN(C2CC2)C(=O)N3)cc1)S(N)(=O)=O. The summed E-state index contributed by atoms with van der Waals surface area (Å²) in [5.41, 5.74) is 3.84. The van der Waals surface area contributed by atoms with Gasteiger partial charge in [0.15, 0.2) is 0 Å². The average Bonchev–Trinajstić information content (AvgIpc) is 3.45. The van der Waals surface area contributed by atoms with E-state index in [2.05, 4.69) is 10.3 Å². The predicted molar refractivity (Wildman–Crippen MR) is 102 cm³/mol. The fourth-order valence-electron chi connectivity index (χ4n) is 3.26. The van der Waals surface area contributed by atoms with Gasteiger partial charge in [-0.1, -0.05) is 24.3 Å². The predicted octanol–water partition coefficient (Wildman–Crippen LogP) is 1.89. The van der Waals surface area contributed by atoms with Gasteiger partial charge in [0, 0.05) is 31.4 Å². The van der Waals surface area contributed by atoms with E-state index in [0.29, 0.717) is 18.4 Å². The molecule has 1 aliphatic carbocycles. The summed E-state index contributed by atoms with van der Waals surface area (Å²) in [7, 11) is -2.27. The van der Waals surface area contributed by atoms with E-state index in [9.17, 15) is 13.2 Å². The molecule has 9 heteroatoms. The van der Waals surface area contributed by atoms with Crippen molar-refractivity contribution in [3.63, 3.8) is 0 Å². The van der Waals surface area contributed by atoms with Crippen molar-refractivity contribution in [3.8, 4) is 11.1 Å². The van der Waals surface area contributed by atoms with Crippen molar-refractivity contribution < 1.29 is 13.2 Å². The topological polar surface area (TPSA) is 109 Å². The molecular weight excluding hydrogens is 366 g/mol. The minimum atomic E-state index is -3.71. The Kier molecular flexibility index (Phi) is 4.37. The van der Waals surface area contributed by atoms with Crippen molar-refractivity contribution in [1.82, 2.24) is 14.2 Å². The first kappa shape index (κ1) is 17.9. The molecule has 4 rings (SSSR count). The largest absolute Gasteiger partial charge is 0.323 e. The molecule has 1 aliphatic heterocycles. The van der Waals surface area contributed by atoms with Gasteiger partial charge in [0.05, 0.1) is 6.54 Å². The second kappa shape index (κ2) is 6.59. The van der Waals surface area contributed by atoms with Gasteiger partial charge < -0.3 is 4.90 Å². The third kappa shape index (κ3) is 3.66. The average molecular weight is 387 g/mol. The van der Waals surface area contributed by atoms with Crippen LogP contribution in [0.15, 0.2) is 36.5 Å². The summed E-state index contributed by atoms with van der Waals surface area (Å²) in [6.07, 6.45) is 3.78. The summed E-state index contributed by atoms with van der Waals surface area (Å²) in [4.78, 5) is 18.4. The van der Waals surface area contributed by atoms with Crippen LogP contribution >= 0.6 is 0 Å². The van der Waals surface area contributed by atoms with Crippen LogP contribution in [-0.4, -0.2) is 41.7 Å². The molecule has 142 valence electrons. The molecule has 0 unspecified atom stereocenters. The number of carbonyl (C=O) groups excluding carboxylic acids is 1. The molecule has 0 spiro atoms. The lowest BCUT2D eigenvalue weighted by Gasteiger charge is -2.30. The fourth-order valence-corrected chi connectivity index (χ4v) is 3.59. The number of fused-ring (bicyclic) bond motifs is 1. The molecule has 3 N–H and O–H groups in total. The number of nitrogens with one attached hydrogen (secondary N) is 1. The first-order chi connectivity index (χ1) is 12.8. The van der Waals surface area contributed by atoms with Crippen LogP contribution < -0.4 is 10.5 Å². The molecule has 27 heavy (non-hydrogen) atoms. The maximum Gasteiger partial charge on any atom is 0.323 e. The fraction of sp³-hybridized carbons (Fsp3) is 0.333. The molecule has 2 aromatic rings. The number of pyridine rings is 1. The molecule has 8 nitrogen and oxygen atoms in total. The Labute approximate surface area is 158 Å². The van der Waals surface area contributed by atoms with Gasteiger partial charge in [0.1, 0.15) is 5.82 Å². The summed E-state index contributed by atoms with van der Waals surface area (Å²) >= 11 is 0.